The third kappa shape index (κ3) is 3.73. The molecule has 1 aliphatic heterocycles. The molecule has 1 aromatic carbocycles. The van der Waals surface area contributed by atoms with Gasteiger partial charge in [0.25, 0.3) is 0 Å². The van der Waals surface area contributed by atoms with E-state index >= 15 is 0 Å². The molecular formula is C12H15F2N3O2S2. The van der Waals surface area contributed by atoms with Crippen LogP contribution in [0, 0.1) is 11.6 Å². The van der Waals surface area contributed by atoms with Crippen LogP contribution in [0.1, 0.15) is 0 Å². The van der Waals surface area contributed by atoms with Gasteiger partial charge in [0.2, 0.25) is 10.0 Å². The van der Waals surface area contributed by atoms with Gasteiger partial charge in [-0.15, -0.1) is 0 Å². The summed E-state index contributed by atoms with van der Waals surface area (Å²) >= 11 is 4.80. The van der Waals surface area contributed by atoms with E-state index in [1.807, 2.05) is 4.90 Å². The molecule has 1 aliphatic rings. The molecule has 1 fully saturated rings. The molecule has 0 radical (unpaired) electrons. The molecule has 9 heteroatoms. The average Bonchev–Trinajstić information content (AvgIpc) is 2.38. The number of rotatable bonds is 4. The van der Waals surface area contributed by atoms with Crippen LogP contribution in [0.25, 0.3) is 0 Å². The van der Waals surface area contributed by atoms with Gasteiger partial charge in [0.15, 0.2) is 0 Å². The van der Waals surface area contributed by atoms with Crippen LogP contribution in [-0.4, -0.2) is 55.3 Å². The van der Waals surface area contributed by atoms with Crippen LogP contribution >= 0.6 is 12.2 Å². The Morgan fingerprint density at radius 2 is 1.86 bits per heavy atom. The molecule has 0 spiro atoms. The van der Waals surface area contributed by atoms with E-state index in [2.05, 4.69) is 0 Å². The lowest BCUT2D eigenvalue weighted by atomic mass is 10.3. The second-order valence-corrected chi connectivity index (χ2v) is 7.15. The van der Waals surface area contributed by atoms with Crippen molar-refractivity contribution in [1.29, 1.82) is 0 Å². The smallest absolute Gasteiger partial charge is 0.246 e. The number of nitrogens with zero attached hydrogens (tertiary/aromatic N) is 2. The maximum atomic E-state index is 13.7. The predicted octanol–water partition coefficient (Wildman–Crippen LogP) is 0.557. The van der Waals surface area contributed by atoms with Gasteiger partial charge < -0.3 is 5.73 Å². The van der Waals surface area contributed by atoms with Gasteiger partial charge in [-0.1, -0.05) is 12.2 Å². The summed E-state index contributed by atoms with van der Waals surface area (Å²) in [6, 6.07) is 2.44. The van der Waals surface area contributed by atoms with Crippen LogP contribution in [0.4, 0.5) is 8.78 Å². The number of sulfonamides is 1. The minimum atomic E-state index is -3.96. The number of thiocarbonyl (C=S) groups is 1. The first-order valence-electron chi connectivity index (χ1n) is 6.26. The Bertz CT molecular complexity index is 644. The van der Waals surface area contributed by atoms with Crippen LogP contribution in [0.15, 0.2) is 23.1 Å². The minimum Gasteiger partial charge on any atom is -0.392 e. The highest BCUT2D eigenvalue weighted by molar-refractivity contribution is 7.89. The molecule has 1 saturated heterocycles. The van der Waals surface area contributed by atoms with Crippen LogP contribution in [0.3, 0.4) is 0 Å². The van der Waals surface area contributed by atoms with Gasteiger partial charge in [0, 0.05) is 38.8 Å². The van der Waals surface area contributed by atoms with Gasteiger partial charge in [0.05, 0.1) is 4.99 Å². The predicted molar refractivity (Wildman–Crippen MR) is 78.3 cm³/mol. The Labute approximate surface area is 127 Å². The van der Waals surface area contributed by atoms with Gasteiger partial charge in [-0.05, 0) is 12.1 Å². The first kappa shape index (κ1) is 16.2. The van der Waals surface area contributed by atoms with Crippen molar-refractivity contribution in [3.63, 3.8) is 0 Å². The molecule has 116 valence electrons. The summed E-state index contributed by atoms with van der Waals surface area (Å²) < 4.78 is 52.4. The summed E-state index contributed by atoms with van der Waals surface area (Å²) in [5.41, 5.74) is 5.44. The summed E-state index contributed by atoms with van der Waals surface area (Å²) in [6.45, 7) is 1.76. The quantitative estimate of drug-likeness (QED) is 0.815. The van der Waals surface area contributed by atoms with Crippen LogP contribution < -0.4 is 5.73 Å². The zero-order chi connectivity index (χ0) is 15.6. The van der Waals surface area contributed by atoms with Crippen molar-refractivity contribution in [2.45, 2.75) is 4.90 Å². The number of piperazine rings is 1. The highest BCUT2D eigenvalue weighted by Gasteiger charge is 2.30. The monoisotopic (exact) mass is 335 g/mol. The van der Waals surface area contributed by atoms with E-state index in [-0.39, 0.29) is 13.1 Å². The fourth-order valence-corrected chi connectivity index (χ4v) is 3.82. The van der Waals surface area contributed by atoms with Gasteiger partial charge >= 0.3 is 0 Å². The molecule has 0 saturated carbocycles. The van der Waals surface area contributed by atoms with E-state index in [0.29, 0.717) is 30.7 Å². The molecule has 21 heavy (non-hydrogen) atoms. The highest BCUT2D eigenvalue weighted by atomic mass is 32.2. The van der Waals surface area contributed by atoms with Gasteiger partial charge in [0.1, 0.15) is 16.5 Å². The average molecular weight is 335 g/mol. The van der Waals surface area contributed by atoms with Gasteiger partial charge in [-0.3, -0.25) is 4.90 Å². The minimum absolute atomic E-state index is 0.210. The summed E-state index contributed by atoms with van der Waals surface area (Å²) in [5.74, 6) is -1.90. The molecule has 1 aromatic rings. The van der Waals surface area contributed by atoms with Gasteiger partial charge in [-0.2, -0.15) is 4.31 Å². The van der Waals surface area contributed by atoms with Crippen molar-refractivity contribution < 1.29 is 17.2 Å². The molecule has 2 rings (SSSR count). The SMILES string of the molecule is NC(=S)CN1CCN(S(=O)(=O)c2ccc(F)cc2F)CC1. The molecule has 0 bridgehead atoms. The Morgan fingerprint density at radius 3 is 2.38 bits per heavy atom. The number of hydrogen-bond donors (Lipinski definition) is 1. The fourth-order valence-electron chi connectivity index (χ4n) is 2.17. The maximum absolute atomic E-state index is 13.7. The highest BCUT2D eigenvalue weighted by Crippen LogP contribution is 2.21. The van der Waals surface area contributed by atoms with Crippen molar-refractivity contribution in [2.24, 2.45) is 5.73 Å². The van der Waals surface area contributed by atoms with E-state index < -0.39 is 26.6 Å². The summed E-state index contributed by atoms with van der Waals surface area (Å²) in [7, 11) is -3.96. The molecule has 0 amide bonds. The molecule has 0 atom stereocenters. The van der Waals surface area contributed by atoms with Crippen molar-refractivity contribution >= 4 is 27.2 Å². The van der Waals surface area contributed by atoms with Crippen molar-refractivity contribution in [1.82, 2.24) is 9.21 Å². The van der Waals surface area contributed by atoms with E-state index in [1.165, 1.54) is 4.31 Å². The van der Waals surface area contributed by atoms with Crippen LogP contribution in [0.5, 0.6) is 0 Å². The van der Waals surface area contributed by atoms with E-state index in [1.54, 1.807) is 0 Å². The zero-order valence-corrected chi connectivity index (χ0v) is 12.8. The van der Waals surface area contributed by atoms with E-state index in [0.717, 1.165) is 12.1 Å². The molecule has 1 heterocycles. The number of nitrogens with two attached hydrogens (primary N) is 1. The number of halogens is 2. The maximum Gasteiger partial charge on any atom is 0.246 e. The van der Waals surface area contributed by atoms with E-state index in [4.69, 9.17) is 18.0 Å². The Morgan fingerprint density at radius 1 is 1.24 bits per heavy atom. The van der Waals surface area contributed by atoms with Crippen LogP contribution in [-0.2, 0) is 10.0 Å². The first-order valence-corrected chi connectivity index (χ1v) is 8.11. The largest absolute Gasteiger partial charge is 0.392 e. The van der Waals surface area contributed by atoms with Crippen LogP contribution in [0.2, 0.25) is 0 Å². The number of hydrogen-bond acceptors (Lipinski definition) is 4. The van der Waals surface area contributed by atoms with Crippen molar-refractivity contribution in [2.75, 3.05) is 32.7 Å². The lowest BCUT2D eigenvalue weighted by molar-refractivity contribution is 0.209. The molecule has 0 unspecified atom stereocenters. The Kier molecular flexibility index (Phi) is 4.87. The summed E-state index contributed by atoms with van der Waals surface area (Å²) in [4.78, 5) is 1.76. The third-order valence-corrected chi connectivity index (χ3v) is 5.28. The summed E-state index contributed by atoms with van der Waals surface area (Å²) in [5, 5.41) is 0. The Balaban J connectivity index is 2.13. The molecule has 0 aromatic heterocycles. The zero-order valence-electron chi connectivity index (χ0n) is 11.1. The Hall–Kier alpha value is -1.16. The molecular weight excluding hydrogens is 320 g/mol. The van der Waals surface area contributed by atoms with Crippen molar-refractivity contribution in [3.05, 3.63) is 29.8 Å². The lowest BCUT2D eigenvalue weighted by Crippen LogP contribution is -2.50. The molecule has 0 aliphatic carbocycles. The van der Waals surface area contributed by atoms with Gasteiger partial charge in [-0.25, -0.2) is 17.2 Å². The normalized spacial score (nSPS) is 17.8. The molecule has 5 nitrogen and oxygen atoms in total. The second-order valence-electron chi connectivity index (χ2n) is 4.72. The van der Waals surface area contributed by atoms with E-state index in [9.17, 15) is 17.2 Å². The standard InChI is InChI=1S/C12H15F2N3O2S2/c13-9-1-2-11(10(14)7-9)21(18,19)17-5-3-16(4-6-17)8-12(15)20/h1-2,7H,3-6,8H2,(H2,15,20). The summed E-state index contributed by atoms with van der Waals surface area (Å²) in [6.07, 6.45) is 0. The lowest BCUT2D eigenvalue weighted by Gasteiger charge is -2.33. The topological polar surface area (TPSA) is 66.6 Å². The van der Waals surface area contributed by atoms with Crippen molar-refractivity contribution in [3.8, 4) is 0 Å². The first-order chi connectivity index (χ1) is 9.80. The third-order valence-electron chi connectivity index (χ3n) is 3.22. The molecule has 2 N–H and O–H groups in total. The second kappa shape index (κ2) is 6.30. The number of benzene rings is 1. The fraction of sp³-hybridized carbons (Fsp3) is 0.417.